The molecule has 7 heteroatoms. The van der Waals surface area contributed by atoms with Gasteiger partial charge in [-0.05, 0) is 17.5 Å². The van der Waals surface area contributed by atoms with Gasteiger partial charge in [-0.1, -0.05) is 6.07 Å². The van der Waals surface area contributed by atoms with Gasteiger partial charge in [-0.15, -0.1) is 11.3 Å². The molecule has 0 saturated heterocycles. The molecule has 0 spiro atoms. The molecule has 0 atom stereocenters. The van der Waals surface area contributed by atoms with Crippen molar-refractivity contribution in [2.45, 2.75) is 6.55 Å². The van der Waals surface area contributed by atoms with Crippen molar-refractivity contribution in [3.63, 3.8) is 0 Å². The van der Waals surface area contributed by atoms with Gasteiger partial charge in [0.15, 0.2) is 0 Å². The van der Waals surface area contributed by atoms with Gasteiger partial charge in [-0.25, -0.2) is 0 Å². The summed E-state index contributed by atoms with van der Waals surface area (Å²) < 4.78 is 25.6. The van der Waals surface area contributed by atoms with Gasteiger partial charge in [0.25, 0.3) is 0 Å². The van der Waals surface area contributed by atoms with Crippen LogP contribution in [-0.2, 0) is 0 Å². The Balaban J connectivity index is 2.51. The molecule has 0 aliphatic heterocycles. The predicted octanol–water partition coefficient (Wildman–Crippen LogP) is 2.29. The molecule has 2 heterocycles. The summed E-state index contributed by atoms with van der Waals surface area (Å²) in [6.45, 7) is -2.80. The molecule has 0 unspecified atom stereocenters. The highest BCUT2D eigenvalue weighted by molar-refractivity contribution is 7.13. The van der Waals surface area contributed by atoms with E-state index in [0.29, 0.717) is 10.4 Å². The lowest BCUT2D eigenvalue weighted by Gasteiger charge is -2.02. The van der Waals surface area contributed by atoms with Crippen molar-refractivity contribution in [2.75, 3.05) is 0 Å². The average Bonchev–Trinajstić information content (AvgIpc) is 2.86. The molecule has 0 radical (unpaired) electrons. The Hall–Kier alpha value is -1.76. The van der Waals surface area contributed by atoms with Crippen molar-refractivity contribution >= 4 is 17.2 Å². The largest absolute Gasteiger partial charge is 0.382 e. The summed E-state index contributed by atoms with van der Waals surface area (Å²) in [7, 11) is 0. The van der Waals surface area contributed by atoms with Crippen molar-refractivity contribution in [3.05, 3.63) is 29.3 Å². The molecule has 0 aromatic carbocycles. The minimum absolute atomic E-state index is 0.0709. The highest BCUT2D eigenvalue weighted by atomic mass is 32.1. The van der Waals surface area contributed by atoms with Crippen molar-refractivity contribution in [1.82, 2.24) is 9.78 Å². The quantitative estimate of drug-likeness (QED) is 0.640. The van der Waals surface area contributed by atoms with Crippen LogP contribution in [0, 0.1) is 5.41 Å². The maximum Gasteiger partial charge on any atom is 0.333 e. The van der Waals surface area contributed by atoms with Gasteiger partial charge in [0.1, 0.15) is 17.2 Å². The predicted molar refractivity (Wildman–Crippen MR) is 57.8 cm³/mol. The summed E-state index contributed by atoms with van der Waals surface area (Å²) in [6, 6.07) is 4.96. The Bertz CT molecular complexity index is 504. The molecule has 0 fully saturated rings. The van der Waals surface area contributed by atoms with Crippen LogP contribution in [0.1, 0.15) is 12.2 Å². The van der Waals surface area contributed by atoms with E-state index in [2.05, 4.69) is 5.10 Å². The van der Waals surface area contributed by atoms with Crippen molar-refractivity contribution in [2.24, 2.45) is 5.73 Å². The summed E-state index contributed by atoms with van der Waals surface area (Å²) in [5, 5.41) is 12.7. The second-order valence-electron chi connectivity index (χ2n) is 3.03. The maximum absolute atomic E-state index is 12.6. The van der Waals surface area contributed by atoms with E-state index in [9.17, 15) is 8.78 Å². The minimum Gasteiger partial charge on any atom is -0.382 e. The third-order valence-electron chi connectivity index (χ3n) is 1.97. The number of nitrogen functional groups attached to an aromatic ring is 1. The van der Waals surface area contributed by atoms with Crippen LogP contribution in [0.4, 0.5) is 8.78 Å². The fraction of sp³-hybridized carbons (Fsp3) is 0.111. The standard InChI is InChI=1S/C9H8F2N4S/c10-9(11)15-6(8(12)13)4-5(14-15)7-2-1-3-16-7/h1-4,9H,(H3,12,13). The van der Waals surface area contributed by atoms with Crippen LogP contribution < -0.4 is 5.73 Å². The summed E-state index contributed by atoms with van der Waals surface area (Å²) in [5.74, 6) is -0.421. The van der Waals surface area contributed by atoms with Gasteiger partial charge in [-0.2, -0.15) is 18.6 Å². The van der Waals surface area contributed by atoms with Crippen LogP contribution in [0.25, 0.3) is 10.6 Å². The Morgan fingerprint density at radius 1 is 1.56 bits per heavy atom. The zero-order chi connectivity index (χ0) is 11.7. The van der Waals surface area contributed by atoms with Crippen LogP contribution in [0.15, 0.2) is 23.6 Å². The second-order valence-corrected chi connectivity index (χ2v) is 3.98. The number of hydrogen-bond donors (Lipinski definition) is 2. The lowest BCUT2D eigenvalue weighted by molar-refractivity contribution is 0.0562. The fourth-order valence-corrected chi connectivity index (χ4v) is 1.97. The molecule has 3 N–H and O–H groups in total. The summed E-state index contributed by atoms with van der Waals surface area (Å²) in [5.41, 5.74) is 5.54. The molecule has 16 heavy (non-hydrogen) atoms. The molecule has 2 aromatic heterocycles. The van der Waals surface area contributed by atoms with E-state index in [4.69, 9.17) is 11.1 Å². The van der Waals surface area contributed by atoms with Crippen molar-refractivity contribution in [1.29, 1.82) is 5.41 Å². The van der Waals surface area contributed by atoms with Gasteiger partial charge in [0.2, 0.25) is 0 Å². The monoisotopic (exact) mass is 242 g/mol. The van der Waals surface area contributed by atoms with E-state index in [1.807, 2.05) is 5.38 Å². The molecule has 2 aromatic rings. The Morgan fingerprint density at radius 2 is 2.31 bits per heavy atom. The van der Waals surface area contributed by atoms with Crippen molar-refractivity contribution in [3.8, 4) is 10.6 Å². The number of amidine groups is 1. The van der Waals surface area contributed by atoms with Crippen LogP contribution in [0.5, 0.6) is 0 Å². The molecule has 0 bridgehead atoms. The molecule has 0 aliphatic rings. The Kier molecular flexibility index (Phi) is 2.69. The first-order chi connectivity index (χ1) is 7.59. The number of thiophene rings is 1. The number of hydrogen-bond acceptors (Lipinski definition) is 3. The van der Waals surface area contributed by atoms with Gasteiger partial charge in [0.05, 0.1) is 4.88 Å². The van der Waals surface area contributed by atoms with E-state index >= 15 is 0 Å². The minimum atomic E-state index is -2.80. The first-order valence-corrected chi connectivity index (χ1v) is 5.23. The lowest BCUT2D eigenvalue weighted by atomic mass is 10.3. The lowest BCUT2D eigenvalue weighted by Crippen LogP contribution is -2.18. The topological polar surface area (TPSA) is 67.7 Å². The highest BCUT2D eigenvalue weighted by Gasteiger charge is 2.18. The Labute approximate surface area is 93.8 Å². The number of nitrogens with zero attached hydrogens (tertiary/aromatic N) is 2. The van der Waals surface area contributed by atoms with E-state index in [0.717, 1.165) is 4.88 Å². The summed E-state index contributed by atoms with van der Waals surface area (Å²) in [4.78, 5) is 0.766. The summed E-state index contributed by atoms with van der Waals surface area (Å²) >= 11 is 1.39. The number of halogens is 2. The SMILES string of the molecule is N=C(N)c1cc(-c2cccs2)nn1C(F)F. The van der Waals surface area contributed by atoms with E-state index in [1.165, 1.54) is 17.4 Å². The first kappa shape index (κ1) is 10.7. The Morgan fingerprint density at radius 3 is 2.75 bits per heavy atom. The number of nitrogens with one attached hydrogen (secondary N) is 1. The third kappa shape index (κ3) is 1.81. The number of alkyl halides is 2. The number of nitrogens with two attached hydrogens (primary N) is 1. The van der Waals surface area contributed by atoms with Crippen molar-refractivity contribution < 1.29 is 8.78 Å². The third-order valence-corrected chi connectivity index (χ3v) is 2.86. The van der Waals surface area contributed by atoms with Gasteiger partial charge < -0.3 is 5.73 Å². The van der Waals surface area contributed by atoms with E-state index in [1.54, 1.807) is 12.1 Å². The zero-order valence-corrected chi connectivity index (χ0v) is 8.84. The van der Waals surface area contributed by atoms with E-state index < -0.39 is 12.4 Å². The molecular weight excluding hydrogens is 234 g/mol. The van der Waals surface area contributed by atoms with E-state index in [-0.39, 0.29) is 5.69 Å². The first-order valence-electron chi connectivity index (χ1n) is 4.35. The maximum atomic E-state index is 12.6. The molecule has 0 amide bonds. The smallest absolute Gasteiger partial charge is 0.333 e. The molecule has 4 nitrogen and oxygen atoms in total. The second kappa shape index (κ2) is 4.01. The van der Waals surface area contributed by atoms with Crippen LogP contribution in [-0.4, -0.2) is 15.6 Å². The zero-order valence-electron chi connectivity index (χ0n) is 8.02. The normalized spacial score (nSPS) is 10.9. The average molecular weight is 242 g/mol. The van der Waals surface area contributed by atoms with Gasteiger partial charge >= 0.3 is 6.55 Å². The molecule has 84 valence electrons. The number of aromatic nitrogens is 2. The van der Waals surface area contributed by atoms with Crippen LogP contribution in [0.3, 0.4) is 0 Å². The summed E-state index contributed by atoms with van der Waals surface area (Å²) in [6.07, 6.45) is 0. The van der Waals surface area contributed by atoms with Crippen LogP contribution in [0.2, 0.25) is 0 Å². The molecule has 2 rings (SSSR count). The van der Waals surface area contributed by atoms with Crippen LogP contribution >= 0.6 is 11.3 Å². The molecular formula is C9H8F2N4S. The van der Waals surface area contributed by atoms with Gasteiger partial charge in [0, 0.05) is 0 Å². The molecule has 0 saturated carbocycles. The molecule has 0 aliphatic carbocycles. The van der Waals surface area contributed by atoms with Gasteiger partial charge in [-0.3, -0.25) is 5.41 Å². The highest BCUT2D eigenvalue weighted by Crippen LogP contribution is 2.26. The fourth-order valence-electron chi connectivity index (χ4n) is 1.29. The number of rotatable bonds is 3.